The minimum Gasteiger partial charge on any atom is -0.375 e. The average molecular weight is 235 g/mol. The van der Waals surface area contributed by atoms with Crippen LogP contribution in [0.1, 0.15) is 40.0 Å². The number of rotatable bonds is 7. The van der Waals surface area contributed by atoms with E-state index in [1.165, 1.54) is 0 Å². The van der Waals surface area contributed by atoms with E-state index in [-0.39, 0.29) is 17.6 Å². The second-order valence-electron chi connectivity index (χ2n) is 4.68. The topological polar surface area (TPSA) is 18.5 Å². The zero-order valence-electron chi connectivity index (χ0n) is 10.0. The van der Waals surface area contributed by atoms with Crippen LogP contribution in [-0.4, -0.2) is 30.8 Å². The molecule has 3 heteroatoms. The lowest BCUT2D eigenvalue weighted by Gasteiger charge is -2.40. The van der Waals surface area contributed by atoms with Crippen LogP contribution in [0.2, 0.25) is 0 Å². The van der Waals surface area contributed by atoms with Crippen molar-refractivity contribution in [3.05, 3.63) is 0 Å². The fourth-order valence-electron chi connectivity index (χ4n) is 1.61. The maximum Gasteiger partial charge on any atom is 0.100 e. The highest BCUT2D eigenvalue weighted by atomic mass is 35.5. The molecule has 1 saturated carbocycles. The lowest BCUT2D eigenvalue weighted by Crippen LogP contribution is -2.51. The first-order chi connectivity index (χ1) is 7.15. The molecule has 1 fully saturated rings. The van der Waals surface area contributed by atoms with Crippen LogP contribution in [0.25, 0.3) is 0 Å². The second kappa shape index (κ2) is 6.72. The summed E-state index contributed by atoms with van der Waals surface area (Å²) >= 11 is 6.08. The van der Waals surface area contributed by atoms with Crippen molar-refractivity contribution in [2.45, 2.75) is 57.6 Å². The maximum atomic E-state index is 6.08. The van der Waals surface area contributed by atoms with E-state index < -0.39 is 0 Å². The molecule has 0 aromatic carbocycles. The van der Waals surface area contributed by atoms with E-state index in [4.69, 9.17) is 21.1 Å². The van der Waals surface area contributed by atoms with Gasteiger partial charge in [-0.15, -0.1) is 11.6 Å². The summed E-state index contributed by atoms with van der Waals surface area (Å²) in [4.78, 5) is 0. The van der Waals surface area contributed by atoms with Crippen LogP contribution in [0.15, 0.2) is 0 Å². The zero-order valence-corrected chi connectivity index (χ0v) is 10.8. The van der Waals surface area contributed by atoms with Gasteiger partial charge in [-0.05, 0) is 25.2 Å². The van der Waals surface area contributed by atoms with Crippen LogP contribution >= 0.6 is 11.6 Å². The summed E-state index contributed by atoms with van der Waals surface area (Å²) < 4.78 is 11.4. The molecule has 3 unspecified atom stereocenters. The Labute approximate surface area is 98.3 Å². The number of hydrogen-bond donors (Lipinski definition) is 0. The van der Waals surface area contributed by atoms with Gasteiger partial charge < -0.3 is 9.47 Å². The molecule has 1 aliphatic carbocycles. The van der Waals surface area contributed by atoms with Crippen molar-refractivity contribution in [3.63, 3.8) is 0 Å². The van der Waals surface area contributed by atoms with E-state index in [1.54, 1.807) is 0 Å². The van der Waals surface area contributed by atoms with Crippen LogP contribution in [-0.2, 0) is 9.47 Å². The van der Waals surface area contributed by atoms with Gasteiger partial charge in [-0.1, -0.05) is 20.8 Å². The maximum absolute atomic E-state index is 6.08. The molecule has 0 spiro atoms. The SMILES string of the molecule is CCCOC1C(Cl)CC1OCCC(C)C. The van der Waals surface area contributed by atoms with Gasteiger partial charge in [0.1, 0.15) is 6.10 Å². The highest BCUT2D eigenvalue weighted by Crippen LogP contribution is 2.32. The van der Waals surface area contributed by atoms with Gasteiger partial charge in [0, 0.05) is 13.2 Å². The molecular formula is C12H23ClO2. The third kappa shape index (κ3) is 4.29. The molecule has 2 nitrogen and oxygen atoms in total. The van der Waals surface area contributed by atoms with Crippen LogP contribution < -0.4 is 0 Å². The Morgan fingerprint density at radius 1 is 1.27 bits per heavy atom. The Hall–Kier alpha value is 0.210. The first-order valence-electron chi connectivity index (χ1n) is 6.02. The molecule has 0 aliphatic heterocycles. The molecule has 0 aromatic rings. The molecule has 1 rings (SSSR count). The summed E-state index contributed by atoms with van der Waals surface area (Å²) in [6.07, 6.45) is 3.45. The van der Waals surface area contributed by atoms with E-state index in [1.807, 2.05) is 0 Å². The van der Waals surface area contributed by atoms with Gasteiger partial charge >= 0.3 is 0 Å². The van der Waals surface area contributed by atoms with Gasteiger partial charge in [0.2, 0.25) is 0 Å². The number of alkyl halides is 1. The summed E-state index contributed by atoms with van der Waals surface area (Å²) in [5.74, 6) is 0.701. The number of halogens is 1. The average Bonchev–Trinajstić information content (AvgIpc) is 2.16. The lowest BCUT2D eigenvalue weighted by atomic mass is 9.91. The molecule has 3 atom stereocenters. The third-order valence-corrected chi connectivity index (χ3v) is 3.15. The standard InChI is InChI=1S/C12H23ClO2/c1-4-6-15-12-10(13)8-11(12)14-7-5-9(2)3/h9-12H,4-8H2,1-3H3. The first kappa shape index (κ1) is 13.3. The van der Waals surface area contributed by atoms with Gasteiger partial charge in [-0.3, -0.25) is 0 Å². The van der Waals surface area contributed by atoms with Crippen molar-refractivity contribution in [2.75, 3.05) is 13.2 Å². The zero-order chi connectivity index (χ0) is 11.3. The van der Waals surface area contributed by atoms with Crippen LogP contribution in [0.4, 0.5) is 0 Å². The predicted molar refractivity (Wildman–Crippen MR) is 63.5 cm³/mol. The Morgan fingerprint density at radius 3 is 2.53 bits per heavy atom. The molecule has 90 valence electrons. The van der Waals surface area contributed by atoms with Crippen molar-refractivity contribution >= 4 is 11.6 Å². The Kier molecular flexibility index (Phi) is 5.95. The quantitative estimate of drug-likeness (QED) is 0.630. The normalized spacial score (nSPS) is 30.6. The monoisotopic (exact) mass is 234 g/mol. The molecule has 0 saturated heterocycles. The molecule has 0 amide bonds. The van der Waals surface area contributed by atoms with Gasteiger partial charge in [-0.25, -0.2) is 0 Å². The number of ether oxygens (including phenoxy) is 2. The Morgan fingerprint density at radius 2 is 2.00 bits per heavy atom. The van der Waals surface area contributed by atoms with Crippen LogP contribution in [0, 0.1) is 5.92 Å². The van der Waals surface area contributed by atoms with E-state index in [0.29, 0.717) is 5.92 Å². The fraction of sp³-hybridized carbons (Fsp3) is 1.00. The predicted octanol–water partition coefficient (Wildman–Crippen LogP) is 3.22. The van der Waals surface area contributed by atoms with Crippen molar-refractivity contribution in [3.8, 4) is 0 Å². The molecule has 0 N–H and O–H groups in total. The molecule has 0 bridgehead atoms. The van der Waals surface area contributed by atoms with E-state index >= 15 is 0 Å². The van der Waals surface area contributed by atoms with Crippen LogP contribution in [0.5, 0.6) is 0 Å². The first-order valence-corrected chi connectivity index (χ1v) is 6.46. The van der Waals surface area contributed by atoms with Crippen molar-refractivity contribution in [1.29, 1.82) is 0 Å². The third-order valence-electron chi connectivity index (χ3n) is 2.72. The molecule has 0 heterocycles. The minimum absolute atomic E-state index is 0.124. The summed E-state index contributed by atoms with van der Waals surface area (Å²) in [6, 6.07) is 0. The molecule has 0 radical (unpaired) electrons. The summed E-state index contributed by atoms with van der Waals surface area (Å²) in [7, 11) is 0. The smallest absolute Gasteiger partial charge is 0.100 e. The fourth-order valence-corrected chi connectivity index (χ4v) is 2.02. The van der Waals surface area contributed by atoms with E-state index in [0.717, 1.165) is 32.5 Å². The summed E-state index contributed by atoms with van der Waals surface area (Å²) in [6.45, 7) is 8.14. The number of hydrogen-bond acceptors (Lipinski definition) is 2. The highest BCUT2D eigenvalue weighted by Gasteiger charge is 2.41. The van der Waals surface area contributed by atoms with Gasteiger partial charge in [0.05, 0.1) is 11.5 Å². The molecule has 0 aromatic heterocycles. The van der Waals surface area contributed by atoms with Crippen molar-refractivity contribution < 1.29 is 9.47 Å². The molecule has 15 heavy (non-hydrogen) atoms. The largest absolute Gasteiger partial charge is 0.375 e. The minimum atomic E-state index is 0.124. The summed E-state index contributed by atoms with van der Waals surface area (Å²) in [5.41, 5.74) is 0. The van der Waals surface area contributed by atoms with Gasteiger partial charge in [0.15, 0.2) is 0 Å². The van der Waals surface area contributed by atoms with Crippen molar-refractivity contribution in [1.82, 2.24) is 0 Å². The Bertz CT molecular complexity index is 173. The Balaban J connectivity index is 2.13. The van der Waals surface area contributed by atoms with Gasteiger partial charge in [0.25, 0.3) is 0 Å². The second-order valence-corrected chi connectivity index (χ2v) is 5.24. The van der Waals surface area contributed by atoms with E-state index in [2.05, 4.69) is 20.8 Å². The molecule has 1 aliphatic rings. The summed E-state index contributed by atoms with van der Waals surface area (Å²) in [5, 5.41) is 0.153. The van der Waals surface area contributed by atoms with Crippen LogP contribution in [0.3, 0.4) is 0 Å². The highest BCUT2D eigenvalue weighted by molar-refractivity contribution is 6.21. The van der Waals surface area contributed by atoms with E-state index in [9.17, 15) is 0 Å². The van der Waals surface area contributed by atoms with Crippen molar-refractivity contribution in [2.24, 2.45) is 5.92 Å². The molecular weight excluding hydrogens is 212 g/mol. The lowest BCUT2D eigenvalue weighted by molar-refractivity contribution is -0.125. The van der Waals surface area contributed by atoms with Gasteiger partial charge in [-0.2, -0.15) is 0 Å².